The average molecular weight is 470 g/mol. The lowest BCUT2D eigenvalue weighted by Crippen LogP contribution is -2.15. The van der Waals surface area contributed by atoms with Crippen LogP contribution < -0.4 is 10.1 Å². The second kappa shape index (κ2) is 9.76. The normalized spacial score (nSPS) is 10.8. The zero-order valence-corrected chi connectivity index (χ0v) is 18.8. The molecule has 0 spiro atoms. The summed E-state index contributed by atoms with van der Waals surface area (Å²) in [5.74, 6) is 0.412. The van der Waals surface area contributed by atoms with Crippen LogP contribution in [0.2, 0.25) is 0 Å². The van der Waals surface area contributed by atoms with Gasteiger partial charge >= 0.3 is 5.97 Å². The molecule has 3 rings (SSSR count). The molecule has 3 aromatic carbocycles. The van der Waals surface area contributed by atoms with E-state index in [1.807, 2.05) is 44.2 Å². The number of hydrogen-bond donors (Lipinski definition) is 1. The molecule has 0 saturated carbocycles. The van der Waals surface area contributed by atoms with E-state index in [2.05, 4.69) is 21.2 Å². The number of nitrogens with one attached hydrogen (secondary N) is 1. The van der Waals surface area contributed by atoms with Crippen LogP contribution in [0.25, 0.3) is 10.8 Å². The van der Waals surface area contributed by atoms with Crippen LogP contribution in [0.3, 0.4) is 0 Å². The number of esters is 1. The Labute approximate surface area is 184 Å². The molecule has 0 fully saturated rings. The van der Waals surface area contributed by atoms with E-state index in [-0.39, 0.29) is 24.2 Å². The number of rotatable bonds is 7. The van der Waals surface area contributed by atoms with E-state index in [1.54, 1.807) is 31.4 Å². The van der Waals surface area contributed by atoms with Crippen molar-refractivity contribution in [2.45, 2.75) is 20.3 Å². The number of amides is 1. The molecule has 0 saturated heterocycles. The fraction of sp³-hybridized carbons (Fsp3) is 0.250. The van der Waals surface area contributed by atoms with Gasteiger partial charge in [-0.25, -0.2) is 4.79 Å². The number of hydrogen-bond acceptors (Lipinski definition) is 4. The summed E-state index contributed by atoms with van der Waals surface area (Å²) in [5.41, 5.74) is 1.89. The van der Waals surface area contributed by atoms with Crippen LogP contribution >= 0.6 is 15.9 Å². The minimum Gasteiger partial charge on any atom is -0.496 e. The molecule has 0 aliphatic carbocycles. The van der Waals surface area contributed by atoms with Crippen LogP contribution in [-0.4, -0.2) is 25.6 Å². The highest BCUT2D eigenvalue weighted by Crippen LogP contribution is 2.30. The molecule has 0 aliphatic rings. The maximum absolute atomic E-state index is 12.7. The third-order valence-corrected chi connectivity index (χ3v) is 5.05. The molecule has 1 amide bonds. The standard InChI is InChI=1S/C24H24BrNO4/c1-15(2)14-30-24(28)16-4-8-19(9-5-16)26-23(27)13-21-20-10-7-18(25)12-17(20)6-11-22(21)29-3/h4-12,15H,13-14H2,1-3H3,(H,26,27). The van der Waals surface area contributed by atoms with E-state index in [0.717, 1.165) is 20.8 Å². The van der Waals surface area contributed by atoms with Crippen LogP contribution in [0.15, 0.2) is 59.1 Å². The van der Waals surface area contributed by atoms with Crippen molar-refractivity contribution in [2.24, 2.45) is 5.92 Å². The first kappa shape index (κ1) is 21.8. The number of ether oxygens (including phenoxy) is 2. The molecule has 0 bridgehead atoms. The summed E-state index contributed by atoms with van der Waals surface area (Å²) < 4.78 is 11.7. The van der Waals surface area contributed by atoms with Gasteiger partial charge in [0.1, 0.15) is 5.75 Å². The van der Waals surface area contributed by atoms with Gasteiger partial charge in [-0.2, -0.15) is 0 Å². The van der Waals surface area contributed by atoms with Gasteiger partial charge in [-0.1, -0.05) is 41.9 Å². The van der Waals surface area contributed by atoms with Gasteiger partial charge in [-0.05, 0) is 59.2 Å². The number of methoxy groups -OCH3 is 1. The molecule has 156 valence electrons. The fourth-order valence-electron chi connectivity index (χ4n) is 3.10. The summed E-state index contributed by atoms with van der Waals surface area (Å²) in [6.07, 6.45) is 0.167. The number of benzene rings is 3. The lowest BCUT2D eigenvalue weighted by Gasteiger charge is -2.13. The van der Waals surface area contributed by atoms with Gasteiger partial charge in [0, 0.05) is 15.7 Å². The summed E-state index contributed by atoms with van der Waals surface area (Å²) in [4.78, 5) is 24.7. The van der Waals surface area contributed by atoms with Gasteiger partial charge in [-0.15, -0.1) is 0 Å². The Morgan fingerprint density at radius 1 is 1.03 bits per heavy atom. The maximum atomic E-state index is 12.7. The monoisotopic (exact) mass is 469 g/mol. The van der Waals surface area contributed by atoms with E-state index in [0.29, 0.717) is 23.6 Å². The van der Waals surface area contributed by atoms with Crippen LogP contribution in [0.4, 0.5) is 5.69 Å². The quantitative estimate of drug-likeness (QED) is 0.457. The van der Waals surface area contributed by atoms with Crippen LogP contribution in [0.1, 0.15) is 29.8 Å². The summed E-state index contributed by atoms with van der Waals surface area (Å²) in [7, 11) is 1.60. The molecule has 0 atom stereocenters. The minimum atomic E-state index is -0.367. The summed E-state index contributed by atoms with van der Waals surface area (Å²) in [6.45, 7) is 4.34. The predicted octanol–water partition coefficient (Wildman–Crippen LogP) is 5.60. The Balaban J connectivity index is 1.72. The number of carbonyl (C=O) groups is 2. The van der Waals surface area contributed by atoms with Crippen molar-refractivity contribution in [3.8, 4) is 5.75 Å². The Bertz CT molecular complexity index is 1060. The molecular weight excluding hydrogens is 446 g/mol. The van der Waals surface area contributed by atoms with Crippen molar-refractivity contribution in [2.75, 3.05) is 19.0 Å². The molecular formula is C24H24BrNO4. The van der Waals surface area contributed by atoms with Crippen molar-refractivity contribution >= 4 is 44.3 Å². The fourth-order valence-corrected chi connectivity index (χ4v) is 3.48. The van der Waals surface area contributed by atoms with Crippen LogP contribution in [-0.2, 0) is 16.0 Å². The van der Waals surface area contributed by atoms with Crippen molar-refractivity contribution in [3.05, 3.63) is 70.2 Å². The lowest BCUT2D eigenvalue weighted by molar-refractivity contribution is -0.115. The van der Waals surface area contributed by atoms with Gasteiger partial charge < -0.3 is 14.8 Å². The van der Waals surface area contributed by atoms with Crippen molar-refractivity contribution in [1.82, 2.24) is 0 Å². The first-order chi connectivity index (χ1) is 14.4. The van der Waals surface area contributed by atoms with Crippen molar-refractivity contribution in [1.29, 1.82) is 0 Å². The Hall–Kier alpha value is -2.86. The van der Waals surface area contributed by atoms with E-state index >= 15 is 0 Å². The Kier molecular flexibility index (Phi) is 7.11. The summed E-state index contributed by atoms with van der Waals surface area (Å²) in [5, 5.41) is 4.87. The molecule has 30 heavy (non-hydrogen) atoms. The van der Waals surface area contributed by atoms with E-state index in [9.17, 15) is 9.59 Å². The molecule has 6 heteroatoms. The number of anilines is 1. The molecule has 0 radical (unpaired) electrons. The van der Waals surface area contributed by atoms with Gasteiger partial charge in [0.25, 0.3) is 0 Å². The predicted molar refractivity (Wildman–Crippen MR) is 122 cm³/mol. The maximum Gasteiger partial charge on any atom is 0.338 e. The largest absolute Gasteiger partial charge is 0.496 e. The van der Waals surface area contributed by atoms with E-state index in [4.69, 9.17) is 9.47 Å². The van der Waals surface area contributed by atoms with Crippen molar-refractivity contribution < 1.29 is 19.1 Å². The highest BCUT2D eigenvalue weighted by atomic mass is 79.9. The van der Waals surface area contributed by atoms with Gasteiger partial charge in [-0.3, -0.25) is 4.79 Å². The first-order valence-corrected chi connectivity index (χ1v) is 10.5. The lowest BCUT2D eigenvalue weighted by atomic mass is 10.0. The second-order valence-corrected chi connectivity index (χ2v) is 8.32. The van der Waals surface area contributed by atoms with Crippen LogP contribution in [0, 0.1) is 5.92 Å². The van der Waals surface area contributed by atoms with E-state index in [1.165, 1.54) is 0 Å². The molecule has 0 unspecified atom stereocenters. The zero-order chi connectivity index (χ0) is 21.7. The van der Waals surface area contributed by atoms with Crippen molar-refractivity contribution in [3.63, 3.8) is 0 Å². The Morgan fingerprint density at radius 3 is 2.43 bits per heavy atom. The first-order valence-electron chi connectivity index (χ1n) is 9.69. The highest BCUT2D eigenvalue weighted by molar-refractivity contribution is 9.10. The Morgan fingerprint density at radius 2 is 1.77 bits per heavy atom. The third kappa shape index (κ3) is 5.39. The average Bonchev–Trinajstić information content (AvgIpc) is 2.72. The number of fused-ring (bicyclic) bond motifs is 1. The summed E-state index contributed by atoms with van der Waals surface area (Å²) in [6, 6.07) is 16.5. The molecule has 5 nitrogen and oxygen atoms in total. The minimum absolute atomic E-state index is 0.167. The topological polar surface area (TPSA) is 64.6 Å². The van der Waals surface area contributed by atoms with Gasteiger partial charge in [0.05, 0.1) is 25.7 Å². The molecule has 0 heterocycles. The number of halogens is 1. The summed E-state index contributed by atoms with van der Waals surface area (Å²) >= 11 is 3.48. The molecule has 1 N–H and O–H groups in total. The van der Waals surface area contributed by atoms with Crippen LogP contribution in [0.5, 0.6) is 5.75 Å². The van der Waals surface area contributed by atoms with Gasteiger partial charge in [0.15, 0.2) is 0 Å². The van der Waals surface area contributed by atoms with Gasteiger partial charge in [0.2, 0.25) is 5.91 Å². The zero-order valence-electron chi connectivity index (χ0n) is 17.2. The van der Waals surface area contributed by atoms with E-state index < -0.39 is 0 Å². The molecule has 0 aromatic heterocycles. The smallest absolute Gasteiger partial charge is 0.338 e. The molecule has 3 aromatic rings. The molecule has 0 aliphatic heterocycles. The highest BCUT2D eigenvalue weighted by Gasteiger charge is 2.14. The number of carbonyl (C=O) groups excluding carboxylic acids is 2. The second-order valence-electron chi connectivity index (χ2n) is 7.41. The SMILES string of the molecule is COc1ccc2cc(Br)ccc2c1CC(=O)Nc1ccc(C(=O)OCC(C)C)cc1. The third-order valence-electron chi connectivity index (χ3n) is 4.56.